The fraction of sp³-hybridized carbons (Fsp3) is 0.820. The van der Waals surface area contributed by atoms with Crippen LogP contribution in [0.5, 0.6) is 0 Å². The molecule has 62 heavy (non-hydrogen) atoms. The fourth-order valence-corrected chi connectivity index (χ4v) is 7.69. The van der Waals surface area contributed by atoms with Crippen molar-refractivity contribution < 1.29 is 47.5 Å². The molecule has 0 fully saturated rings. The van der Waals surface area contributed by atoms with Crippen molar-refractivity contribution in [1.82, 2.24) is 0 Å². The largest absolute Gasteiger partial charge is 0.480 e. The molecule has 0 aromatic carbocycles. The van der Waals surface area contributed by atoms with Crippen LogP contribution in [0, 0.1) is 0 Å². The van der Waals surface area contributed by atoms with Gasteiger partial charge in [-0.25, -0.2) is 4.57 Å². The maximum Gasteiger partial charge on any atom is 0.472 e. The molecule has 0 amide bonds. The molecule has 0 aliphatic heterocycles. The Hall–Kier alpha value is -2.30. The molecule has 0 aromatic rings. The average Bonchev–Trinajstić information content (AvgIpc) is 3.25. The Morgan fingerprint density at radius 1 is 0.500 bits per heavy atom. The van der Waals surface area contributed by atoms with Crippen LogP contribution >= 0.6 is 7.82 Å². The van der Waals surface area contributed by atoms with Crippen LogP contribution in [0.25, 0.3) is 0 Å². The van der Waals surface area contributed by atoms with Crippen molar-refractivity contribution in [3.05, 3.63) is 36.5 Å². The lowest BCUT2D eigenvalue weighted by atomic mass is 10.0. The van der Waals surface area contributed by atoms with Crippen LogP contribution in [-0.4, -0.2) is 59.9 Å². The molecule has 0 saturated heterocycles. The van der Waals surface area contributed by atoms with E-state index >= 15 is 0 Å². The van der Waals surface area contributed by atoms with E-state index in [2.05, 4.69) is 54.8 Å². The lowest BCUT2D eigenvalue weighted by molar-refractivity contribution is -0.161. The number of rotatable bonds is 47. The van der Waals surface area contributed by atoms with Gasteiger partial charge in [-0.2, -0.15) is 0 Å². The van der Waals surface area contributed by atoms with Crippen LogP contribution in [0.2, 0.25) is 0 Å². The lowest BCUT2D eigenvalue weighted by Gasteiger charge is -2.20. The summed E-state index contributed by atoms with van der Waals surface area (Å²) in [5.41, 5.74) is 5.35. The summed E-state index contributed by atoms with van der Waals surface area (Å²) in [6.45, 7) is 2.80. The molecule has 1 unspecified atom stereocenters. The number of carboxylic acids is 1. The van der Waals surface area contributed by atoms with Crippen LogP contribution in [0.3, 0.4) is 0 Å². The smallest absolute Gasteiger partial charge is 0.472 e. The molecule has 362 valence electrons. The first kappa shape index (κ1) is 59.7. The van der Waals surface area contributed by atoms with E-state index in [-0.39, 0.29) is 19.4 Å². The van der Waals surface area contributed by atoms with Crippen molar-refractivity contribution in [1.29, 1.82) is 0 Å². The number of carboxylic acid groups (broad SMARTS) is 1. The number of esters is 2. The number of aliphatic carboxylic acids is 1. The van der Waals surface area contributed by atoms with Crippen molar-refractivity contribution in [2.45, 2.75) is 244 Å². The maximum absolute atomic E-state index is 12.7. The highest BCUT2D eigenvalue weighted by molar-refractivity contribution is 7.47. The fourth-order valence-electron chi connectivity index (χ4n) is 6.91. The SMILES string of the molecule is CCCCC/C=C/C/C=C/CCCCCCCCCC(=O)O[C@H](COC(=O)CCCCCCCCCCCCC/C=C/CCCCCCCC)COP(=O)(O)OC[C@H](N)C(=O)O. The first-order valence-electron chi connectivity index (χ1n) is 25.0. The first-order valence-corrected chi connectivity index (χ1v) is 26.5. The minimum absolute atomic E-state index is 0.153. The van der Waals surface area contributed by atoms with Gasteiger partial charge in [-0.15, -0.1) is 0 Å². The zero-order valence-corrected chi connectivity index (χ0v) is 40.4. The number of unbranched alkanes of at least 4 members (excludes halogenated alkanes) is 27. The third-order valence-electron chi connectivity index (χ3n) is 10.9. The van der Waals surface area contributed by atoms with Crippen LogP contribution in [0.15, 0.2) is 36.5 Å². The molecule has 4 N–H and O–H groups in total. The summed E-state index contributed by atoms with van der Waals surface area (Å²) in [4.78, 5) is 46.1. The van der Waals surface area contributed by atoms with E-state index in [9.17, 15) is 23.8 Å². The van der Waals surface area contributed by atoms with Crippen LogP contribution in [0.4, 0.5) is 0 Å². The maximum atomic E-state index is 12.7. The van der Waals surface area contributed by atoms with E-state index < -0.39 is 51.1 Å². The standard InChI is InChI=1S/C50H92NO10P/c1-3-5-7-9-11-13-15-17-19-21-22-23-24-26-27-29-31-33-35-37-39-41-48(52)58-43-46(44-59-62(56,57)60-45-47(51)50(54)55)61-49(53)42-40-38-36-34-32-30-28-25-20-18-16-14-12-10-8-6-4-2/h12,14,17-20,46-47H,3-11,13,15-16,21-45,51H2,1-2H3,(H,54,55)(H,56,57)/b14-12+,19-17+,20-18+/t46-,47+/m1/s1. The van der Waals surface area contributed by atoms with Crippen molar-refractivity contribution in [3.8, 4) is 0 Å². The second-order valence-corrected chi connectivity index (χ2v) is 18.4. The van der Waals surface area contributed by atoms with E-state index in [4.69, 9.17) is 24.8 Å². The molecule has 0 spiro atoms. The summed E-state index contributed by atoms with van der Waals surface area (Å²) in [6.07, 6.45) is 50.6. The summed E-state index contributed by atoms with van der Waals surface area (Å²) < 4.78 is 32.8. The van der Waals surface area contributed by atoms with Gasteiger partial charge in [-0.3, -0.25) is 23.4 Å². The summed E-state index contributed by atoms with van der Waals surface area (Å²) in [5.74, 6) is -2.38. The van der Waals surface area contributed by atoms with Crippen molar-refractivity contribution >= 4 is 25.7 Å². The Labute approximate surface area is 378 Å². The van der Waals surface area contributed by atoms with E-state index in [1.807, 2.05) is 0 Å². The van der Waals surface area contributed by atoms with Crippen molar-refractivity contribution in [2.24, 2.45) is 5.73 Å². The molecule has 0 bridgehead atoms. The third-order valence-corrected chi connectivity index (χ3v) is 11.8. The second-order valence-electron chi connectivity index (χ2n) is 16.9. The molecule has 11 nitrogen and oxygen atoms in total. The molecule has 0 radical (unpaired) electrons. The molecule has 0 rings (SSSR count). The monoisotopic (exact) mass is 898 g/mol. The molecule has 0 aliphatic rings. The molecule has 0 aliphatic carbocycles. The number of carbonyl (C=O) groups excluding carboxylic acids is 2. The number of allylic oxidation sites excluding steroid dienone is 6. The predicted octanol–water partition coefficient (Wildman–Crippen LogP) is 14.0. The van der Waals surface area contributed by atoms with Gasteiger partial charge in [0, 0.05) is 12.8 Å². The Kier molecular flexibility index (Phi) is 43.6. The van der Waals surface area contributed by atoms with Gasteiger partial charge < -0.3 is 25.2 Å². The number of ether oxygens (including phenoxy) is 2. The summed E-state index contributed by atoms with van der Waals surface area (Å²) in [5, 5.41) is 8.91. The molecular weight excluding hydrogens is 806 g/mol. The first-order chi connectivity index (χ1) is 30.1. The van der Waals surface area contributed by atoms with Crippen molar-refractivity contribution in [2.75, 3.05) is 19.8 Å². The molecule has 3 atom stereocenters. The highest BCUT2D eigenvalue weighted by Gasteiger charge is 2.28. The topological polar surface area (TPSA) is 172 Å². The van der Waals surface area contributed by atoms with Gasteiger partial charge in [0.1, 0.15) is 12.6 Å². The minimum atomic E-state index is -4.72. The minimum Gasteiger partial charge on any atom is -0.480 e. The van der Waals surface area contributed by atoms with Crippen LogP contribution in [-0.2, 0) is 37.5 Å². The molecule has 0 saturated carbocycles. The zero-order valence-electron chi connectivity index (χ0n) is 39.5. The van der Waals surface area contributed by atoms with Gasteiger partial charge in [-0.1, -0.05) is 185 Å². The highest BCUT2D eigenvalue weighted by Crippen LogP contribution is 2.43. The molecule has 12 heteroatoms. The van der Waals surface area contributed by atoms with Crippen LogP contribution < -0.4 is 5.73 Å². The quantitative estimate of drug-likeness (QED) is 0.0230. The van der Waals surface area contributed by atoms with Gasteiger partial charge >= 0.3 is 25.7 Å². The number of nitrogens with two attached hydrogens (primary N) is 1. The zero-order chi connectivity index (χ0) is 45.6. The van der Waals surface area contributed by atoms with Crippen LogP contribution in [0.1, 0.15) is 232 Å². The average molecular weight is 898 g/mol. The van der Waals surface area contributed by atoms with E-state index in [1.165, 1.54) is 135 Å². The summed E-state index contributed by atoms with van der Waals surface area (Å²) in [6, 6.07) is -1.52. The van der Waals surface area contributed by atoms with Crippen molar-refractivity contribution in [3.63, 3.8) is 0 Å². The van der Waals surface area contributed by atoms with E-state index in [1.54, 1.807) is 0 Å². The number of phosphoric ester groups is 1. The Balaban J connectivity index is 4.25. The Morgan fingerprint density at radius 3 is 1.31 bits per heavy atom. The predicted molar refractivity (Wildman–Crippen MR) is 254 cm³/mol. The van der Waals surface area contributed by atoms with Gasteiger partial charge in [0.25, 0.3) is 0 Å². The molecule has 0 aromatic heterocycles. The summed E-state index contributed by atoms with van der Waals surface area (Å²) in [7, 11) is -4.72. The number of hydrogen-bond donors (Lipinski definition) is 3. The summed E-state index contributed by atoms with van der Waals surface area (Å²) >= 11 is 0. The van der Waals surface area contributed by atoms with Gasteiger partial charge in [0.15, 0.2) is 6.10 Å². The lowest BCUT2D eigenvalue weighted by Crippen LogP contribution is -2.34. The van der Waals surface area contributed by atoms with E-state index in [0.29, 0.717) is 12.8 Å². The number of phosphoric acid groups is 1. The van der Waals surface area contributed by atoms with Gasteiger partial charge in [0.05, 0.1) is 13.2 Å². The third kappa shape index (κ3) is 44.3. The molecular formula is C50H92NO10P. The van der Waals surface area contributed by atoms with Gasteiger partial charge in [0.2, 0.25) is 0 Å². The van der Waals surface area contributed by atoms with E-state index in [0.717, 1.165) is 57.8 Å². The highest BCUT2D eigenvalue weighted by atomic mass is 31.2. The normalized spacial score (nSPS) is 13.9. The number of carbonyl (C=O) groups is 3. The Bertz CT molecular complexity index is 1190. The van der Waals surface area contributed by atoms with Gasteiger partial charge in [-0.05, 0) is 70.6 Å². The Morgan fingerprint density at radius 2 is 0.855 bits per heavy atom. The number of hydrogen-bond acceptors (Lipinski definition) is 9. The second kappa shape index (κ2) is 45.3. The molecule has 0 heterocycles.